The predicted molar refractivity (Wildman–Crippen MR) is 91.9 cm³/mol. The number of aromatic nitrogens is 2. The van der Waals surface area contributed by atoms with E-state index >= 15 is 0 Å². The molecule has 0 spiro atoms. The van der Waals surface area contributed by atoms with Gasteiger partial charge in [-0.3, -0.25) is 9.69 Å². The third-order valence-corrected chi connectivity index (χ3v) is 4.89. The molecule has 1 atom stereocenters. The molecule has 0 aromatic carbocycles. The van der Waals surface area contributed by atoms with E-state index < -0.39 is 0 Å². The van der Waals surface area contributed by atoms with E-state index in [1.807, 2.05) is 48.8 Å². The molecule has 0 N–H and O–H groups in total. The fourth-order valence-corrected chi connectivity index (χ4v) is 3.46. The van der Waals surface area contributed by atoms with E-state index in [-0.39, 0.29) is 11.9 Å². The normalized spacial score (nSPS) is 19.0. The number of aryl methyl sites for hydroxylation is 3. The summed E-state index contributed by atoms with van der Waals surface area (Å²) in [7, 11) is 2.00. The molecule has 1 saturated heterocycles. The van der Waals surface area contributed by atoms with Crippen LogP contribution in [0.4, 0.5) is 0 Å². The van der Waals surface area contributed by atoms with Crippen LogP contribution < -0.4 is 0 Å². The lowest BCUT2D eigenvalue weighted by molar-refractivity contribution is 0.0445. The number of rotatable bonds is 4. The maximum atomic E-state index is 12.9. The standard InChI is InChI=1S/C18H26N4O2/c1-5-15-13(3)11-16(24-15)18(23)22-10-9-21(6-2)14(12-22)17-19-7-8-20(17)4/h7-8,11,14H,5-6,9-10,12H2,1-4H3/t14-/m1/s1. The summed E-state index contributed by atoms with van der Waals surface area (Å²) in [6.07, 6.45) is 4.57. The number of carbonyl (C=O) groups excluding carboxylic acids is 1. The summed E-state index contributed by atoms with van der Waals surface area (Å²) in [6, 6.07) is 1.98. The van der Waals surface area contributed by atoms with Crippen LogP contribution in [-0.2, 0) is 13.5 Å². The fraction of sp³-hybridized carbons (Fsp3) is 0.556. The molecule has 2 aromatic heterocycles. The Morgan fingerprint density at radius 2 is 2.17 bits per heavy atom. The predicted octanol–water partition coefficient (Wildman–Crippen LogP) is 2.40. The molecule has 1 aliphatic heterocycles. The number of hydrogen-bond acceptors (Lipinski definition) is 4. The highest BCUT2D eigenvalue weighted by molar-refractivity contribution is 5.92. The number of furan rings is 1. The molecule has 3 heterocycles. The molecule has 1 aliphatic rings. The summed E-state index contributed by atoms with van der Waals surface area (Å²) in [4.78, 5) is 21.6. The minimum absolute atomic E-state index is 0.0206. The van der Waals surface area contributed by atoms with Crippen molar-refractivity contribution in [1.82, 2.24) is 19.4 Å². The molecule has 24 heavy (non-hydrogen) atoms. The number of amides is 1. The summed E-state index contributed by atoms with van der Waals surface area (Å²) < 4.78 is 7.79. The van der Waals surface area contributed by atoms with E-state index in [0.717, 1.165) is 43.2 Å². The van der Waals surface area contributed by atoms with E-state index in [2.05, 4.69) is 16.8 Å². The van der Waals surface area contributed by atoms with Gasteiger partial charge in [-0.2, -0.15) is 0 Å². The maximum absolute atomic E-state index is 12.9. The highest BCUT2D eigenvalue weighted by Gasteiger charge is 2.33. The van der Waals surface area contributed by atoms with Gasteiger partial charge in [-0.25, -0.2) is 4.98 Å². The molecule has 0 aliphatic carbocycles. The van der Waals surface area contributed by atoms with Crippen molar-refractivity contribution >= 4 is 5.91 Å². The van der Waals surface area contributed by atoms with Gasteiger partial charge in [0.15, 0.2) is 5.76 Å². The second-order valence-corrected chi connectivity index (χ2v) is 6.36. The number of carbonyl (C=O) groups is 1. The van der Waals surface area contributed by atoms with Crippen LogP contribution in [-0.4, -0.2) is 51.4 Å². The van der Waals surface area contributed by atoms with Crippen molar-refractivity contribution in [3.8, 4) is 0 Å². The summed E-state index contributed by atoms with van der Waals surface area (Å²) in [6.45, 7) is 9.33. The quantitative estimate of drug-likeness (QED) is 0.864. The van der Waals surface area contributed by atoms with Crippen molar-refractivity contribution < 1.29 is 9.21 Å². The lowest BCUT2D eigenvalue weighted by Crippen LogP contribution is -2.50. The molecule has 0 unspecified atom stereocenters. The van der Waals surface area contributed by atoms with Gasteiger partial charge in [0.25, 0.3) is 5.91 Å². The molecule has 0 radical (unpaired) electrons. The van der Waals surface area contributed by atoms with Gasteiger partial charge in [0.1, 0.15) is 11.6 Å². The van der Waals surface area contributed by atoms with Crippen LogP contribution in [0.25, 0.3) is 0 Å². The Balaban J connectivity index is 1.82. The van der Waals surface area contributed by atoms with E-state index in [1.54, 1.807) is 0 Å². The Bertz CT molecular complexity index is 718. The number of nitrogens with zero attached hydrogens (tertiary/aromatic N) is 4. The summed E-state index contributed by atoms with van der Waals surface area (Å²) >= 11 is 0. The van der Waals surface area contributed by atoms with Crippen LogP contribution in [0.1, 0.15) is 47.6 Å². The van der Waals surface area contributed by atoms with Gasteiger partial charge in [0, 0.05) is 45.5 Å². The Kier molecular flexibility index (Phi) is 4.76. The van der Waals surface area contributed by atoms with Gasteiger partial charge in [-0.1, -0.05) is 13.8 Å². The second-order valence-electron chi connectivity index (χ2n) is 6.36. The molecular weight excluding hydrogens is 304 g/mol. The minimum Gasteiger partial charge on any atom is -0.456 e. The number of likely N-dealkylation sites (N-methyl/N-ethyl adjacent to an activating group) is 1. The number of imidazole rings is 1. The molecule has 0 bridgehead atoms. The SMILES string of the molecule is CCc1oc(C(=O)N2CCN(CC)[C@@H](c3nccn3C)C2)cc1C. The number of piperazine rings is 1. The van der Waals surface area contributed by atoms with E-state index in [4.69, 9.17) is 4.42 Å². The van der Waals surface area contributed by atoms with Crippen molar-refractivity contribution in [2.24, 2.45) is 7.05 Å². The summed E-state index contributed by atoms with van der Waals surface area (Å²) in [5, 5.41) is 0. The third-order valence-electron chi connectivity index (χ3n) is 4.89. The first-order valence-corrected chi connectivity index (χ1v) is 8.65. The zero-order chi connectivity index (χ0) is 17.3. The van der Waals surface area contributed by atoms with Crippen LogP contribution in [0.3, 0.4) is 0 Å². The zero-order valence-corrected chi connectivity index (χ0v) is 15.0. The van der Waals surface area contributed by atoms with E-state index in [1.165, 1.54) is 0 Å². The smallest absolute Gasteiger partial charge is 0.289 e. The first-order chi connectivity index (χ1) is 11.5. The van der Waals surface area contributed by atoms with Crippen molar-refractivity contribution in [2.45, 2.75) is 33.2 Å². The van der Waals surface area contributed by atoms with Crippen molar-refractivity contribution in [2.75, 3.05) is 26.2 Å². The topological polar surface area (TPSA) is 54.5 Å². The van der Waals surface area contributed by atoms with Gasteiger partial charge in [-0.15, -0.1) is 0 Å². The molecule has 130 valence electrons. The summed E-state index contributed by atoms with van der Waals surface area (Å²) in [5.74, 6) is 2.33. The third kappa shape index (κ3) is 2.98. The van der Waals surface area contributed by atoms with Gasteiger partial charge < -0.3 is 13.9 Å². The van der Waals surface area contributed by atoms with Crippen molar-refractivity contribution in [1.29, 1.82) is 0 Å². The molecule has 6 nitrogen and oxygen atoms in total. The minimum atomic E-state index is -0.0206. The molecule has 3 rings (SSSR count). The maximum Gasteiger partial charge on any atom is 0.289 e. The number of hydrogen-bond donors (Lipinski definition) is 0. The lowest BCUT2D eigenvalue weighted by atomic mass is 10.1. The monoisotopic (exact) mass is 330 g/mol. The van der Waals surface area contributed by atoms with Crippen LogP contribution in [0.5, 0.6) is 0 Å². The Hall–Kier alpha value is -2.08. The fourth-order valence-electron chi connectivity index (χ4n) is 3.46. The molecule has 2 aromatic rings. The largest absolute Gasteiger partial charge is 0.456 e. The van der Waals surface area contributed by atoms with Crippen LogP contribution >= 0.6 is 0 Å². The van der Waals surface area contributed by atoms with Crippen molar-refractivity contribution in [3.05, 3.63) is 41.4 Å². The lowest BCUT2D eigenvalue weighted by Gasteiger charge is -2.40. The Labute approximate surface area is 143 Å². The molecular formula is C18H26N4O2. The first-order valence-electron chi connectivity index (χ1n) is 8.65. The highest BCUT2D eigenvalue weighted by Crippen LogP contribution is 2.25. The zero-order valence-electron chi connectivity index (χ0n) is 15.0. The van der Waals surface area contributed by atoms with E-state index in [9.17, 15) is 4.79 Å². The van der Waals surface area contributed by atoms with Gasteiger partial charge >= 0.3 is 0 Å². The van der Waals surface area contributed by atoms with E-state index in [0.29, 0.717) is 12.3 Å². The highest BCUT2D eigenvalue weighted by atomic mass is 16.4. The van der Waals surface area contributed by atoms with Crippen LogP contribution in [0, 0.1) is 6.92 Å². The average Bonchev–Trinajstić information content (AvgIpc) is 3.19. The van der Waals surface area contributed by atoms with Crippen LogP contribution in [0.15, 0.2) is 22.9 Å². The first kappa shape index (κ1) is 16.8. The molecule has 1 amide bonds. The molecule has 1 fully saturated rings. The van der Waals surface area contributed by atoms with Gasteiger partial charge in [-0.05, 0) is 25.1 Å². The summed E-state index contributed by atoms with van der Waals surface area (Å²) in [5.41, 5.74) is 1.05. The van der Waals surface area contributed by atoms with Gasteiger partial charge in [0.2, 0.25) is 0 Å². The Morgan fingerprint density at radius 3 is 2.75 bits per heavy atom. The Morgan fingerprint density at radius 1 is 1.38 bits per heavy atom. The second kappa shape index (κ2) is 6.81. The average molecular weight is 330 g/mol. The molecule has 6 heteroatoms. The van der Waals surface area contributed by atoms with Gasteiger partial charge in [0.05, 0.1) is 6.04 Å². The van der Waals surface area contributed by atoms with Crippen LogP contribution in [0.2, 0.25) is 0 Å². The molecule has 0 saturated carbocycles. The van der Waals surface area contributed by atoms with Crippen molar-refractivity contribution in [3.63, 3.8) is 0 Å².